The topological polar surface area (TPSA) is 52.6 Å². The predicted molar refractivity (Wildman–Crippen MR) is 56.9 cm³/mol. The molecule has 0 aliphatic carbocycles. The maximum absolute atomic E-state index is 11.2. The Morgan fingerprint density at radius 2 is 1.27 bits per heavy atom. The normalized spacial score (nSPS) is 10.3. The van der Waals surface area contributed by atoms with Gasteiger partial charge in [-0.15, -0.1) is 0 Å². The predicted octanol–water partition coefficient (Wildman–Crippen LogP) is 1.37. The van der Waals surface area contributed by atoms with Gasteiger partial charge in [0.25, 0.3) is 0 Å². The molecule has 0 fully saturated rings. The van der Waals surface area contributed by atoms with E-state index in [-0.39, 0.29) is 18.0 Å². The lowest BCUT2D eigenvalue weighted by Crippen LogP contribution is -2.12. The minimum atomic E-state index is -0.0510. The zero-order valence-electron chi connectivity index (χ0n) is 9.58. The second kappa shape index (κ2) is 9.80. The molecule has 0 aliphatic rings. The van der Waals surface area contributed by atoms with Gasteiger partial charge in [-0.25, -0.2) is 0 Å². The molecule has 0 aromatic rings. The Morgan fingerprint density at radius 1 is 0.867 bits per heavy atom. The van der Waals surface area contributed by atoms with Crippen LogP contribution >= 0.6 is 0 Å². The number of Topliss-reactive ketones (excluding diaryl/α,β-unsaturated/α-hetero) is 2. The van der Waals surface area contributed by atoms with E-state index in [4.69, 9.17) is 9.47 Å². The van der Waals surface area contributed by atoms with Crippen molar-refractivity contribution in [2.45, 2.75) is 33.1 Å². The summed E-state index contributed by atoms with van der Waals surface area (Å²) in [5.41, 5.74) is 0. The highest BCUT2D eigenvalue weighted by Gasteiger charge is 2.08. The molecule has 0 saturated heterocycles. The fourth-order valence-corrected chi connectivity index (χ4v) is 1.06. The van der Waals surface area contributed by atoms with Gasteiger partial charge < -0.3 is 9.47 Å². The average molecular weight is 216 g/mol. The summed E-state index contributed by atoms with van der Waals surface area (Å²) in [7, 11) is 0. The fourth-order valence-electron chi connectivity index (χ4n) is 1.06. The molecule has 0 spiro atoms. The molecule has 15 heavy (non-hydrogen) atoms. The quantitative estimate of drug-likeness (QED) is 0.409. The first kappa shape index (κ1) is 14.3. The lowest BCUT2D eigenvalue weighted by atomic mass is 10.1. The summed E-state index contributed by atoms with van der Waals surface area (Å²) >= 11 is 0. The Kier molecular flexibility index (Phi) is 9.32. The lowest BCUT2D eigenvalue weighted by Gasteiger charge is -2.02. The van der Waals surface area contributed by atoms with Crippen molar-refractivity contribution in [3.63, 3.8) is 0 Å². The van der Waals surface area contributed by atoms with Crippen LogP contribution < -0.4 is 0 Å². The van der Waals surface area contributed by atoms with Crippen LogP contribution in [0.4, 0.5) is 0 Å². The van der Waals surface area contributed by atoms with Crippen LogP contribution in [0.25, 0.3) is 0 Å². The molecular weight excluding hydrogens is 196 g/mol. The highest BCUT2D eigenvalue weighted by molar-refractivity contribution is 5.99. The van der Waals surface area contributed by atoms with Crippen molar-refractivity contribution < 1.29 is 19.1 Å². The molecule has 0 aliphatic heterocycles. The van der Waals surface area contributed by atoms with Crippen molar-refractivity contribution in [3.05, 3.63) is 0 Å². The number of rotatable bonds is 10. The van der Waals surface area contributed by atoms with Gasteiger partial charge >= 0.3 is 0 Å². The van der Waals surface area contributed by atoms with Crippen LogP contribution in [0.3, 0.4) is 0 Å². The van der Waals surface area contributed by atoms with Crippen molar-refractivity contribution >= 4 is 11.6 Å². The SMILES string of the molecule is CCOCCC(=O)CC(=O)CCOCC. The highest BCUT2D eigenvalue weighted by Crippen LogP contribution is 1.96. The summed E-state index contributed by atoms with van der Waals surface area (Å²) in [6.07, 6.45) is 0.669. The number of hydrogen-bond donors (Lipinski definition) is 0. The van der Waals surface area contributed by atoms with E-state index in [1.54, 1.807) is 0 Å². The summed E-state index contributed by atoms with van der Waals surface area (Å²) in [6, 6.07) is 0. The van der Waals surface area contributed by atoms with Gasteiger partial charge in [0, 0.05) is 26.1 Å². The van der Waals surface area contributed by atoms with Gasteiger partial charge in [-0.2, -0.15) is 0 Å². The van der Waals surface area contributed by atoms with E-state index in [1.807, 2.05) is 13.8 Å². The molecule has 0 rings (SSSR count). The summed E-state index contributed by atoms with van der Waals surface area (Å²) < 4.78 is 10.1. The summed E-state index contributed by atoms with van der Waals surface area (Å²) in [6.45, 7) is 5.77. The third kappa shape index (κ3) is 9.56. The first-order chi connectivity index (χ1) is 7.20. The molecule has 0 aromatic carbocycles. The highest BCUT2D eigenvalue weighted by atomic mass is 16.5. The van der Waals surface area contributed by atoms with Crippen LogP contribution in [-0.2, 0) is 19.1 Å². The van der Waals surface area contributed by atoms with Gasteiger partial charge in [-0.1, -0.05) is 0 Å². The van der Waals surface area contributed by atoms with Crippen molar-refractivity contribution in [2.24, 2.45) is 0 Å². The zero-order chi connectivity index (χ0) is 11.5. The fraction of sp³-hybridized carbons (Fsp3) is 0.818. The number of carbonyl (C=O) groups excluding carboxylic acids is 2. The molecule has 4 heteroatoms. The van der Waals surface area contributed by atoms with Gasteiger partial charge in [0.1, 0.15) is 11.6 Å². The largest absolute Gasteiger partial charge is 0.381 e. The van der Waals surface area contributed by atoms with E-state index in [2.05, 4.69) is 0 Å². The van der Waals surface area contributed by atoms with Gasteiger partial charge in [0.05, 0.1) is 19.6 Å². The number of hydrogen-bond acceptors (Lipinski definition) is 4. The van der Waals surface area contributed by atoms with Crippen LogP contribution in [0, 0.1) is 0 Å². The Balaban J connectivity index is 3.45. The lowest BCUT2D eigenvalue weighted by molar-refractivity contribution is -0.128. The second-order valence-electron chi connectivity index (χ2n) is 3.15. The molecule has 0 aromatic heterocycles. The van der Waals surface area contributed by atoms with Crippen LogP contribution in [0.5, 0.6) is 0 Å². The third-order valence-corrected chi connectivity index (χ3v) is 1.85. The van der Waals surface area contributed by atoms with Crippen molar-refractivity contribution in [1.29, 1.82) is 0 Å². The molecular formula is C11H20O4. The summed E-state index contributed by atoms with van der Waals surface area (Å²) in [4.78, 5) is 22.4. The molecule has 0 amide bonds. The van der Waals surface area contributed by atoms with Crippen LogP contribution in [0.15, 0.2) is 0 Å². The average Bonchev–Trinajstić information content (AvgIpc) is 2.18. The van der Waals surface area contributed by atoms with Gasteiger partial charge in [0.2, 0.25) is 0 Å². The van der Waals surface area contributed by atoms with E-state index < -0.39 is 0 Å². The first-order valence-electron chi connectivity index (χ1n) is 5.39. The van der Waals surface area contributed by atoms with Crippen molar-refractivity contribution in [3.8, 4) is 0 Å². The molecule has 0 unspecified atom stereocenters. The number of ether oxygens (including phenoxy) is 2. The van der Waals surface area contributed by atoms with E-state index in [0.717, 1.165) is 0 Å². The van der Waals surface area contributed by atoms with Crippen LogP contribution in [-0.4, -0.2) is 38.0 Å². The Bertz CT molecular complexity index is 169. The Hall–Kier alpha value is -0.740. The monoisotopic (exact) mass is 216 g/mol. The van der Waals surface area contributed by atoms with Gasteiger partial charge in [0.15, 0.2) is 0 Å². The Morgan fingerprint density at radius 3 is 1.60 bits per heavy atom. The smallest absolute Gasteiger partial charge is 0.142 e. The minimum absolute atomic E-state index is 0.0140. The molecule has 4 nitrogen and oxygen atoms in total. The molecule has 0 bridgehead atoms. The van der Waals surface area contributed by atoms with Crippen LogP contribution in [0.2, 0.25) is 0 Å². The number of ketones is 2. The van der Waals surface area contributed by atoms with E-state index >= 15 is 0 Å². The zero-order valence-corrected chi connectivity index (χ0v) is 9.58. The number of carbonyl (C=O) groups is 2. The third-order valence-electron chi connectivity index (χ3n) is 1.85. The molecule has 0 saturated carbocycles. The summed E-state index contributed by atoms with van der Waals surface area (Å²) in [5, 5.41) is 0. The molecule has 0 atom stereocenters. The van der Waals surface area contributed by atoms with Gasteiger partial charge in [-0.05, 0) is 13.8 Å². The van der Waals surface area contributed by atoms with Crippen molar-refractivity contribution in [2.75, 3.05) is 26.4 Å². The van der Waals surface area contributed by atoms with E-state index in [9.17, 15) is 9.59 Å². The standard InChI is InChI=1S/C11H20O4/c1-3-14-7-5-10(12)9-11(13)6-8-15-4-2/h3-9H2,1-2H3. The van der Waals surface area contributed by atoms with Gasteiger partial charge in [-0.3, -0.25) is 9.59 Å². The maximum atomic E-state index is 11.2. The van der Waals surface area contributed by atoms with E-state index in [1.165, 1.54) is 0 Å². The minimum Gasteiger partial charge on any atom is -0.381 e. The Labute approximate surface area is 90.9 Å². The van der Waals surface area contributed by atoms with Crippen LogP contribution in [0.1, 0.15) is 33.1 Å². The second-order valence-corrected chi connectivity index (χ2v) is 3.15. The molecule has 88 valence electrons. The first-order valence-corrected chi connectivity index (χ1v) is 5.39. The molecule has 0 radical (unpaired) electrons. The molecule has 0 heterocycles. The van der Waals surface area contributed by atoms with E-state index in [0.29, 0.717) is 39.3 Å². The summed E-state index contributed by atoms with van der Waals surface area (Å²) in [5.74, 6) is -0.102. The molecule has 0 N–H and O–H groups in total. The maximum Gasteiger partial charge on any atom is 0.142 e. The van der Waals surface area contributed by atoms with Crippen molar-refractivity contribution in [1.82, 2.24) is 0 Å².